The summed E-state index contributed by atoms with van der Waals surface area (Å²) in [5.74, 6) is 0. The van der Waals surface area contributed by atoms with Gasteiger partial charge in [-0.15, -0.1) is 0 Å². The number of halogens is 2. The molecule has 2 amide bonds. The Kier molecular flexibility index (Phi) is 5.72. The number of aliphatic hydroxyl groups is 1. The van der Waals surface area contributed by atoms with Crippen molar-refractivity contribution in [3.8, 4) is 0 Å². The van der Waals surface area contributed by atoms with Crippen molar-refractivity contribution in [3.05, 3.63) is 33.8 Å². The summed E-state index contributed by atoms with van der Waals surface area (Å²) in [5.41, 5.74) is 0.792. The summed E-state index contributed by atoms with van der Waals surface area (Å²) in [5, 5.41) is 13.0. The van der Waals surface area contributed by atoms with Gasteiger partial charge in [0.2, 0.25) is 0 Å². The van der Waals surface area contributed by atoms with E-state index in [1.165, 1.54) is 4.90 Å². The Balaban J connectivity index is 2.52. The molecule has 0 aliphatic heterocycles. The Bertz CT molecular complexity index is 425. The van der Waals surface area contributed by atoms with Gasteiger partial charge in [0.1, 0.15) is 0 Å². The van der Waals surface area contributed by atoms with Crippen molar-refractivity contribution in [1.82, 2.24) is 10.2 Å². The van der Waals surface area contributed by atoms with E-state index in [1.54, 1.807) is 32.2 Å². The number of nitrogens with one attached hydrogen (secondary N) is 1. The first-order valence-electron chi connectivity index (χ1n) is 5.51. The molecule has 0 aliphatic carbocycles. The van der Waals surface area contributed by atoms with Crippen LogP contribution in [0.3, 0.4) is 0 Å². The predicted molar refractivity (Wildman–Crippen MR) is 73.0 cm³/mol. The third-order valence-corrected chi connectivity index (χ3v) is 2.92. The van der Waals surface area contributed by atoms with Crippen LogP contribution < -0.4 is 5.32 Å². The van der Waals surface area contributed by atoms with Gasteiger partial charge in [0.05, 0.1) is 6.10 Å². The van der Waals surface area contributed by atoms with Gasteiger partial charge in [-0.3, -0.25) is 0 Å². The highest BCUT2D eigenvalue weighted by atomic mass is 35.5. The molecule has 18 heavy (non-hydrogen) atoms. The molecule has 0 fully saturated rings. The average molecular weight is 291 g/mol. The number of benzene rings is 1. The Morgan fingerprint density at radius 3 is 2.72 bits per heavy atom. The van der Waals surface area contributed by atoms with Crippen LogP contribution in [0.4, 0.5) is 4.79 Å². The highest BCUT2D eigenvalue weighted by Gasteiger charge is 2.11. The molecule has 0 bridgehead atoms. The van der Waals surface area contributed by atoms with E-state index in [9.17, 15) is 9.90 Å². The van der Waals surface area contributed by atoms with Crippen LogP contribution in [0.25, 0.3) is 0 Å². The zero-order chi connectivity index (χ0) is 13.7. The van der Waals surface area contributed by atoms with Gasteiger partial charge in [-0.25, -0.2) is 4.79 Å². The summed E-state index contributed by atoms with van der Waals surface area (Å²) >= 11 is 11.8. The van der Waals surface area contributed by atoms with Crippen molar-refractivity contribution in [1.29, 1.82) is 0 Å². The van der Waals surface area contributed by atoms with Crippen molar-refractivity contribution >= 4 is 29.2 Å². The fraction of sp³-hybridized carbons (Fsp3) is 0.417. The number of urea groups is 1. The van der Waals surface area contributed by atoms with Gasteiger partial charge in [-0.05, 0) is 24.6 Å². The Morgan fingerprint density at radius 1 is 1.50 bits per heavy atom. The Morgan fingerprint density at radius 2 is 2.17 bits per heavy atom. The van der Waals surface area contributed by atoms with Gasteiger partial charge in [-0.1, -0.05) is 29.3 Å². The quantitative estimate of drug-likeness (QED) is 0.895. The van der Waals surface area contributed by atoms with Gasteiger partial charge in [-0.2, -0.15) is 0 Å². The topological polar surface area (TPSA) is 52.6 Å². The van der Waals surface area contributed by atoms with Crippen LogP contribution in [0.2, 0.25) is 10.0 Å². The fourth-order valence-electron chi connectivity index (χ4n) is 1.45. The van der Waals surface area contributed by atoms with Gasteiger partial charge in [0.25, 0.3) is 0 Å². The molecule has 1 atom stereocenters. The first-order valence-corrected chi connectivity index (χ1v) is 6.26. The maximum Gasteiger partial charge on any atom is 0.317 e. The fourth-order valence-corrected chi connectivity index (χ4v) is 1.93. The van der Waals surface area contributed by atoms with E-state index >= 15 is 0 Å². The Hall–Kier alpha value is -0.970. The molecule has 1 aromatic rings. The minimum absolute atomic E-state index is 0.262. The summed E-state index contributed by atoms with van der Waals surface area (Å²) in [6, 6.07) is 4.85. The molecule has 0 heterocycles. The monoisotopic (exact) mass is 290 g/mol. The average Bonchev–Trinajstić information content (AvgIpc) is 2.26. The second-order valence-electron chi connectivity index (χ2n) is 4.12. The van der Waals surface area contributed by atoms with Crippen molar-refractivity contribution in [2.45, 2.75) is 19.6 Å². The minimum Gasteiger partial charge on any atom is -0.392 e. The number of amides is 2. The summed E-state index contributed by atoms with van der Waals surface area (Å²) in [4.78, 5) is 13.1. The molecule has 0 saturated heterocycles. The largest absolute Gasteiger partial charge is 0.392 e. The van der Waals surface area contributed by atoms with Crippen LogP contribution in [0.1, 0.15) is 12.5 Å². The van der Waals surface area contributed by atoms with Gasteiger partial charge < -0.3 is 15.3 Å². The second kappa shape index (κ2) is 6.83. The lowest BCUT2D eigenvalue weighted by Gasteiger charge is -2.19. The van der Waals surface area contributed by atoms with Crippen LogP contribution in [0.15, 0.2) is 18.2 Å². The molecule has 1 rings (SSSR count). The molecule has 1 aromatic carbocycles. The number of nitrogens with zero attached hydrogens (tertiary/aromatic N) is 1. The van der Waals surface area contributed by atoms with E-state index < -0.39 is 6.10 Å². The normalized spacial score (nSPS) is 12.1. The maximum atomic E-state index is 11.7. The van der Waals surface area contributed by atoms with Crippen LogP contribution >= 0.6 is 23.2 Å². The second-order valence-corrected chi connectivity index (χ2v) is 4.97. The van der Waals surface area contributed by atoms with E-state index in [1.807, 2.05) is 0 Å². The number of hydrogen-bond donors (Lipinski definition) is 2. The molecule has 6 heteroatoms. The third kappa shape index (κ3) is 4.72. The van der Waals surface area contributed by atoms with E-state index in [0.29, 0.717) is 16.6 Å². The molecular formula is C12H16Cl2N2O2. The van der Waals surface area contributed by atoms with Crippen molar-refractivity contribution in [3.63, 3.8) is 0 Å². The molecule has 0 aliphatic rings. The molecule has 1 unspecified atom stereocenters. The standard InChI is InChI=1S/C12H16Cl2N2O2/c1-8(17)7-16(2)12(18)15-6-9-3-4-10(13)5-11(9)14/h3-5,8,17H,6-7H2,1-2H3,(H,15,18). The van der Waals surface area contributed by atoms with Crippen LogP contribution in [-0.2, 0) is 6.54 Å². The number of rotatable bonds is 4. The minimum atomic E-state index is -0.556. The Labute approximate surface area is 116 Å². The maximum absolute atomic E-state index is 11.7. The smallest absolute Gasteiger partial charge is 0.317 e. The lowest BCUT2D eigenvalue weighted by molar-refractivity contribution is 0.143. The number of carbonyl (C=O) groups excluding carboxylic acids is 1. The zero-order valence-electron chi connectivity index (χ0n) is 10.3. The summed E-state index contributed by atoms with van der Waals surface area (Å²) in [7, 11) is 1.62. The lowest BCUT2D eigenvalue weighted by atomic mass is 10.2. The molecule has 100 valence electrons. The van der Waals surface area contributed by atoms with Crippen LogP contribution in [0, 0.1) is 0 Å². The van der Waals surface area contributed by atoms with E-state index in [0.717, 1.165) is 5.56 Å². The molecular weight excluding hydrogens is 275 g/mol. The summed E-state index contributed by atoms with van der Waals surface area (Å²) in [6.45, 7) is 2.22. The molecule has 0 aromatic heterocycles. The van der Waals surface area contributed by atoms with Crippen LogP contribution in [0.5, 0.6) is 0 Å². The summed E-state index contributed by atoms with van der Waals surface area (Å²) in [6.07, 6.45) is -0.556. The van der Waals surface area contributed by atoms with Crippen molar-refractivity contribution in [2.75, 3.05) is 13.6 Å². The number of carbonyl (C=O) groups is 1. The SMILES string of the molecule is CC(O)CN(C)C(=O)NCc1ccc(Cl)cc1Cl. The highest BCUT2D eigenvalue weighted by Crippen LogP contribution is 2.20. The molecule has 0 radical (unpaired) electrons. The lowest BCUT2D eigenvalue weighted by Crippen LogP contribution is -2.40. The molecule has 4 nitrogen and oxygen atoms in total. The first-order chi connectivity index (χ1) is 8.40. The van der Waals surface area contributed by atoms with E-state index in [4.69, 9.17) is 23.2 Å². The zero-order valence-corrected chi connectivity index (χ0v) is 11.8. The van der Waals surface area contributed by atoms with Crippen molar-refractivity contribution in [2.24, 2.45) is 0 Å². The number of likely N-dealkylation sites (N-methyl/N-ethyl adjacent to an activating group) is 1. The van der Waals surface area contributed by atoms with Crippen molar-refractivity contribution < 1.29 is 9.90 Å². The highest BCUT2D eigenvalue weighted by molar-refractivity contribution is 6.35. The van der Waals surface area contributed by atoms with Crippen LogP contribution in [-0.4, -0.2) is 35.7 Å². The number of aliphatic hydroxyl groups excluding tert-OH is 1. The summed E-state index contributed by atoms with van der Waals surface area (Å²) < 4.78 is 0. The van der Waals surface area contributed by atoms with Gasteiger partial charge in [0.15, 0.2) is 0 Å². The van der Waals surface area contributed by atoms with E-state index in [-0.39, 0.29) is 12.6 Å². The van der Waals surface area contributed by atoms with Gasteiger partial charge in [0, 0.05) is 30.2 Å². The van der Waals surface area contributed by atoms with E-state index in [2.05, 4.69) is 5.32 Å². The first kappa shape index (κ1) is 15.1. The molecule has 0 spiro atoms. The molecule has 2 N–H and O–H groups in total. The number of hydrogen-bond acceptors (Lipinski definition) is 2. The molecule has 0 saturated carbocycles. The van der Waals surface area contributed by atoms with Gasteiger partial charge >= 0.3 is 6.03 Å². The predicted octanol–water partition coefficient (Wildman–Crippen LogP) is 2.52. The third-order valence-electron chi connectivity index (χ3n) is 2.33.